The van der Waals surface area contributed by atoms with Gasteiger partial charge in [-0.05, 0) is 5.56 Å². The van der Waals surface area contributed by atoms with Gasteiger partial charge in [-0.25, -0.2) is 0 Å². The molecular weight excluding hydrogens is 266 g/mol. The van der Waals surface area contributed by atoms with Crippen molar-refractivity contribution < 1.29 is 29.2 Å². The number of benzene rings is 1. The standard InChI is InChI=1S/C13H15NO6/c1-9(15)19-14(20-10(2)16)12(13(17)18)8-11-6-4-3-5-7-11/h3-7,12H,8H2,1-2H3,(H,17,18)/t12-/m0/s1. The molecule has 0 aromatic heterocycles. The highest BCUT2D eigenvalue weighted by Crippen LogP contribution is 2.11. The third-order valence-electron chi connectivity index (χ3n) is 2.25. The van der Waals surface area contributed by atoms with Crippen molar-refractivity contribution in [3.63, 3.8) is 0 Å². The SMILES string of the molecule is CC(=O)ON(OC(C)=O)[C@@H](Cc1ccccc1)C(=O)O. The zero-order valence-corrected chi connectivity index (χ0v) is 11.1. The number of hydroxylamine groups is 2. The molecule has 1 N–H and O–H groups in total. The smallest absolute Gasteiger partial charge is 0.328 e. The van der Waals surface area contributed by atoms with E-state index in [1.54, 1.807) is 30.3 Å². The van der Waals surface area contributed by atoms with Crippen LogP contribution in [-0.4, -0.2) is 34.3 Å². The summed E-state index contributed by atoms with van der Waals surface area (Å²) >= 11 is 0. The molecule has 0 heterocycles. The Morgan fingerprint density at radius 1 is 1.10 bits per heavy atom. The Kier molecular flexibility index (Phi) is 5.67. The van der Waals surface area contributed by atoms with Gasteiger partial charge in [0, 0.05) is 25.5 Å². The van der Waals surface area contributed by atoms with Gasteiger partial charge < -0.3 is 14.8 Å². The van der Waals surface area contributed by atoms with Crippen molar-refractivity contribution in [1.82, 2.24) is 5.23 Å². The van der Waals surface area contributed by atoms with Crippen LogP contribution in [0.3, 0.4) is 0 Å². The highest BCUT2D eigenvalue weighted by Gasteiger charge is 2.32. The van der Waals surface area contributed by atoms with Crippen molar-refractivity contribution in [3.8, 4) is 0 Å². The van der Waals surface area contributed by atoms with E-state index in [1.807, 2.05) is 0 Å². The fourth-order valence-electron chi connectivity index (χ4n) is 1.49. The maximum absolute atomic E-state index is 11.3. The number of carbonyl (C=O) groups excluding carboxylic acids is 2. The van der Waals surface area contributed by atoms with Crippen molar-refractivity contribution in [3.05, 3.63) is 35.9 Å². The molecule has 0 fully saturated rings. The Morgan fingerprint density at radius 3 is 2.00 bits per heavy atom. The van der Waals surface area contributed by atoms with Crippen LogP contribution in [0.1, 0.15) is 19.4 Å². The Hall–Kier alpha value is -2.41. The van der Waals surface area contributed by atoms with E-state index in [4.69, 9.17) is 0 Å². The lowest BCUT2D eigenvalue weighted by Gasteiger charge is -2.24. The van der Waals surface area contributed by atoms with Crippen LogP contribution < -0.4 is 0 Å². The summed E-state index contributed by atoms with van der Waals surface area (Å²) in [6.07, 6.45) is 0.0106. The van der Waals surface area contributed by atoms with Gasteiger partial charge in [-0.3, -0.25) is 14.4 Å². The molecule has 7 heteroatoms. The minimum absolute atomic E-state index is 0.0106. The molecule has 0 aliphatic carbocycles. The molecule has 108 valence electrons. The van der Waals surface area contributed by atoms with Crippen molar-refractivity contribution in [2.24, 2.45) is 0 Å². The zero-order chi connectivity index (χ0) is 15.1. The lowest BCUT2D eigenvalue weighted by Crippen LogP contribution is -2.44. The van der Waals surface area contributed by atoms with Gasteiger partial charge in [0.1, 0.15) is 0 Å². The summed E-state index contributed by atoms with van der Waals surface area (Å²) in [5.41, 5.74) is 0.698. The second-order valence-corrected chi connectivity index (χ2v) is 3.99. The quantitative estimate of drug-likeness (QED) is 0.775. The lowest BCUT2D eigenvalue weighted by molar-refractivity contribution is -0.338. The van der Waals surface area contributed by atoms with Crippen LogP contribution in [0.5, 0.6) is 0 Å². The highest BCUT2D eigenvalue weighted by molar-refractivity contribution is 5.75. The van der Waals surface area contributed by atoms with Crippen LogP contribution in [0.25, 0.3) is 0 Å². The number of carboxylic acids is 1. The van der Waals surface area contributed by atoms with E-state index in [-0.39, 0.29) is 6.42 Å². The Balaban J connectivity index is 2.92. The zero-order valence-electron chi connectivity index (χ0n) is 11.1. The second kappa shape index (κ2) is 7.25. The van der Waals surface area contributed by atoms with E-state index in [2.05, 4.69) is 9.68 Å². The molecule has 0 saturated heterocycles. The number of rotatable bonds is 6. The van der Waals surface area contributed by atoms with E-state index in [9.17, 15) is 19.5 Å². The fraction of sp³-hybridized carbons (Fsp3) is 0.308. The average molecular weight is 281 g/mol. The molecule has 1 rings (SSSR count). The number of carbonyl (C=O) groups is 3. The number of nitrogens with zero attached hydrogens (tertiary/aromatic N) is 1. The Morgan fingerprint density at radius 2 is 1.60 bits per heavy atom. The van der Waals surface area contributed by atoms with Gasteiger partial charge in [0.15, 0.2) is 6.04 Å². The summed E-state index contributed by atoms with van der Waals surface area (Å²) in [6, 6.07) is 7.39. The first-order chi connectivity index (χ1) is 9.40. The first-order valence-electron chi connectivity index (χ1n) is 5.83. The monoisotopic (exact) mass is 281 g/mol. The molecule has 0 unspecified atom stereocenters. The molecule has 1 atom stereocenters. The van der Waals surface area contributed by atoms with Gasteiger partial charge in [-0.1, -0.05) is 30.3 Å². The summed E-state index contributed by atoms with van der Waals surface area (Å²) in [5, 5.41) is 9.62. The second-order valence-electron chi connectivity index (χ2n) is 3.99. The van der Waals surface area contributed by atoms with Crippen LogP contribution in [0.4, 0.5) is 0 Å². The molecular formula is C13H15NO6. The van der Waals surface area contributed by atoms with Crippen molar-refractivity contribution in [1.29, 1.82) is 0 Å². The third kappa shape index (κ3) is 5.07. The number of carboxylic acid groups (broad SMARTS) is 1. The van der Waals surface area contributed by atoms with Crippen LogP contribution >= 0.6 is 0 Å². The van der Waals surface area contributed by atoms with E-state index < -0.39 is 23.9 Å². The van der Waals surface area contributed by atoms with Crippen LogP contribution in [-0.2, 0) is 30.5 Å². The maximum atomic E-state index is 11.3. The summed E-state index contributed by atoms with van der Waals surface area (Å²) in [7, 11) is 0. The molecule has 7 nitrogen and oxygen atoms in total. The van der Waals surface area contributed by atoms with E-state index >= 15 is 0 Å². The van der Waals surface area contributed by atoms with Crippen molar-refractivity contribution in [2.75, 3.05) is 0 Å². The maximum Gasteiger partial charge on any atom is 0.328 e. The predicted molar refractivity (Wildman–Crippen MR) is 66.9 cm³/mol. The fourth-order valence-corrected chi connectivity index (χ4v) is 1.49. The van der Waals surface area contributed by atoms with Crippen LogP contribution in [0, 0.1) is 0 Å². The van der Waals surface area contributed by atoms with Gasteiger partial charge >= 0.3 is 17.9 Å². The topological polar surface area (TPSA) is 93.1 Å². The molecule has 0 spiro atoms. The molecule has 0 bridgehead atoms. The number of hydrogen-bond acceptors (Lipinski definition) is 6. The molecule has 0 saturated carbocycles. The molecule has 20 heavy (non-hydrogen) atoms. The van der Waals surface area contributed by atoms with Gasteiger partial charge in [0.2, 0.25) is 0 Å². The van der Waals surface area contributed by atoms with Gasteiger partial charge in [-0.2, -0.15) is 0 Å². The number of aliphatic carboxylic acids is 1. The molecule has 1 aromatic carbocycles. The summed E-state index contributed by atoms with van der Waals surface area (Å²) in [4.78, 5) is 42.5. The molecule has 0 radical (unpaired) electrons. The first-order valence-corrected chi connectivity index (χ1v) is 5.83. The molecule has 0 aliphatic rings. The molecule has 0 amide bonds. The van der Waals surface area contributed by atoms with Gasteiger partial charge in [0.25, 0.3) is 0 Å². The van der Waals surface area contributed by atoms with Crippen LogP contribution in [0.15, 0.2) is 30.3 Å². The molecule has 0 aliphatic heterocycles. The van der Waals surface area contributed by atoms with Crippen molar-refractivity contribution in [2.45, 2.75) is 26.3 Å². The minimum Gasteiger partial charge on any atom is -0.480 e. The Labute approximate surface area is 115 Å². The van der Waals surface area contributed by atoms with Crippen LogP contribution in [0.2, 0.25) is 0 Å². The third-order valence-corrected chi connectivity index (χ3v) is 2.25. The minimum atomic E-state index is -1.33. The molecule has 1 aromatic rings. The summed E-state index contributed by atoms with van der Waals surface area (Å²) < 4.78 is 0. The van der Waals surface area contributed by atoms with Gasteiger partial charge in [-0.15, -0.1) is 0 Å². The normalized spacial score (nSPS) is 11.8. The van der Waals surface area contributed by atoms with E-state index in [0.717, 1.165) is 13.8 Å². The van der Waals surface area contributed by atoms with E-state index in [0.29, 0.717) is 10.8 Å². The first kappa shape index (κ1) is 15.6. The van der Waals surface area contributed by atoms with E-state index in [1.165, 1.54) is 0 Å². The van der Waals surface area contributed by atoms with Crippen molar-refractivity contribution >= 4 is 17.9 Å². The number of hydrogen-bond donors (Lipinski definition) is 1. The summed E-state index contributed by atoms with van der Waals surface area (Å²) in [6.45, 7) is 2.16. The largest absolute Gasteiger partial charge is 0.480 e. The van der Waals surface area contributed by atoms with Gasteiger partial charge in [0.05, 0.1) is 0 Å². The Bertz CT molecular complexity index is 471. The highest BCUT2D eigenvalue weighted by atomic mass is 17.0. The average Bonchev–Trinajstić information content (AvgIpc) is 2.35. The predicted octanol–water partition coefficient (Wildman–Crippen LogP) is 0.941. The lowest BCUT2D eigenvalue weighted by atomic mass is 10.1. The summed E-state index contributed by atoms with van der Waals surface area (Å²) in [5.74, 6) is -2.85.